The molecule has 4 heteroatoms. The highest BCUT2D eigenvalue weighted by Crippen LogP contribution is 2.25. The topological polar surface area (TPSA) is 38.8 Å². The summed E-state index contributed by atoms with van der Waals surface area (Å²) in [6.45, 7) is 2.90. The highest BCUT2D eigenvalue weighted by atomic mass is 16.5. The molecule has 0 aliphatic carbocycles. The first-order chi connectivity index (χ1) is 13.1. The lowest BCUT2D eigenvalue weighted by molar-refractivity contribution is -0.144. The Morgan fingerprint density at radius 2 is 1.70 bits per heavy atom. The van der Waals surface area contributed by atoms with Gasteiger partial charge in [-0.2, -0.15) is 0 Å². The molecular weight excluding hydrogens is 338 g/mol. The molecule has 140 valence electrons. The molecule has 0 aromatic heterocycles. The van der Waals surface area contributed by atoms with Crippen LogP contribution in [-0.2, 0) is 9.53 Å². The summed E-state index contributed by atoms with van der Waals surface area (Å²) in [6, 6.07) is 22.0. The fraction of sp³-hybridized carbons (Fsp3) is 0.261. The summed E-state index contributed by atoms with van der Waals surface area (Å²) < 4.78 is 10.8. The number of carbonyl (C=O) groups is 1. The summed E-state index contributed by atoms with van der Waals surface area (Å²) in [5.41, 5.74) is 2.06. The van der Waals surface area contributed by atoms with Crippen LogP contribution in [0.25, 0.3) is 10.8 Å². The summed E-state index contributed by atoms with van der Waals surface area (Å²) >= 11 is 0. The molecule has 3 aromatic carbocycles. The maximum Gasteiger partial charge on any atom is 0.313 e. The number of hydrogen-bond acceptors (Lipinski definition) is 4. The van der Waals surface area contributed by atoms with Gasteiger partial charge >= 0.3 is 5.97 Å². The summed E-state index contributed by atoms with van der Waals surface area (Å²) in [5.74, 6) is 0.313. The summed E-state index contributed by atoms with van der Waals surface area (Å²) in [4.78, 5) is 14.5. The fourth-order valence-corrected chi connectivity index (χ4v) is 2.99. The van der Waals surface area contributed by atoms with Crippen LogP contribution in [-0.4, -0.2) is 33.3 Å². The lowest BCUT2D eigenvalue weighted by Gasteiger charge is -2.20. The summed E-state index contributed by atoms with van der Waals surface area (Å²) in [7, 11) is 3.65. The average molecular weight is 363 g/mol. The van der Waals surface area contributed by atoms with E-state index in [4.69, 9.17) is 9.47 Å². The standard InChI is InChI=1S/C23H25NO3/c1-17(18-9-10-20-16-22(26-3)12-11-19(20)15-18)23(25)27-14-13-24(2)21-7-5-4-6-8-21/h4-12,15-17H,13-14H2,1-3H3/t17-/m1/s1. The molecule has 3 aromatic rings. The van der Waals surface area contributed by atoms with E-state index in [2.05, 4.69) is 4.90 Å². The van der Waals surface area contributed by atoms with E-state index >= 15 is 0 Å². The van der Waals surface area contributed by atoms with E-state index in [1.807, 2.05) is 80.7 Å². The van der Waals surface area contributed by atoms with Crippen molar-refractivity contribution in [3.05, 3.63) is 72.3 Å². The van der Waals surface area contributed by atoms with Crippen molar-refractivity contribution in [1.29, 1.82) is 0 Å². The number of methoxy groups -OCH3 is 1. The first-order valence-electron chi connectivity index (χ1n) is 9.09. The first kappa shape index (κ1) is 18.8. The third-order valence-corrected chi connectivity index (χ3v) is 4.79. The number of ether oxygens (including phenoxy) is 2. The van der Waals surface area contributed by atoms with E-state index in [1.165, 1.54) is 0 Å². The van der Waals surface area contributed by atoms with Crippen molar-refractivity contribution in [1.82, 2.24) is 0 Å². The Morgan fingerprint density at radius 3 is 2.44 bits per heavy atom. The van der Waals surface area contributed by atoms with Gasteiger partial charge in [0.2, 0.25) is 0 Å². The van der Waals surface area contributed by atoms with E-state index in [-0.39, 0.29) is 11.9 Å². The van der Waals surface area contributed by atoms with Gasteiger partial charge in [-0.25, -0.2) is 0 Å². The molecule has 0 N–H and O–H groups in total. The zero-order chi connectivity index (χ0) is 19.2. The largest absolute Gasteiger partial charge is 0.497 e. The predicted octanol–water partition coefficient (Wildman–Crippen LogP) is 4.63. The van der Waals surface area contributed by atoms with E-state index in [0.717, 1.165) is 27.8 Å². The molecule has 3 rings (SSSR count). The molecule has 4 nitrogen and oxygen atoms in total. The lowest BCUT2D eigenvalue weighted by atomic mass is 9.98. The van der Waals surface area contributed by atoms with Crippen LogP contribution >= 0.6 is 0 Å². The van der Waals surface area contributed by atoms with Gasteiger partial charge in [-0.3, -0.25) is 4.79 Å². The van der Waals surface area contributed by atoms with Gasteiger partial charge < -0.3 is 14.4 Å². The molecule has 0 aliphatic heterocycles. The molecule has 0 fully saturated rings. The van der Waals surface area contributed by atoms with Crippen LogP contribution in [0.2, 0.25) is 0 Å². The van der Waals surface area contributed by atoms with Gasteiger partial charge in [-0.05, 0) is 47.5 Å². The van der Waals surface area contributed by atoms with Gasteiger partial charge in [-0.15, -0.1) is 0 Å². The van der Waals surface area contributed by atoms with Crippen molar-refractivity contribution in [3.63, 3.8) is 0 Å². The van der Waals surface area contributed by atoms with E-state index in [9.17, 15) is 4.79 Å². The number of anilines is 1. The van der Waals surface area contributed by atoms with Gasteiger partial charge in [0, 0.05) is 12.7 Å². The maximum atomic E-state index is 12.4. The molecule has 0 heterocycles. The van der Waals surface area contributed by atoms with Gasteiger partial charge in [0.25, 0.3) is 0 Å². The Morgan fingerprint density at radius 1 is 1.00 bits per heavy atom. The fourth-order valence-electron chi connectivity index (χ4n) is 2.99. The molecule has 0 aliphatic rings. The molecule has 0 saturated heterocycles. The van der Waals surface area contributed by atoms with Crippen molar-refractivity contribution in [2.45, 2.75) is 12.8 Å². The number of para-hydroxylation sites is 1. The average Bonchev–Trinajstić information content (AvgIpc) is 2.72. The minimum atomic E-state index is -0.307. The second-order valence-electron chi connectivity index (χ2n) is 6.62. The second-order valence-corrected chi connectivity index (χ2v) is 6.62. The smallest absolute Gasteiger partial charge is 0.313 e. The Bertz CT molecular complexity index is 908. The molecule has 0 unspecified atom stereocenters. The van der Waals surface area contributed by atoms with Gasteiger partial charge in [0.1, 0.15) is 12.4 Å². The molecule has 0 saturated carbocycles. The minimum absolute atomic E-state index is 0.204. The SMILES string of the molecule is COc1ccc2cc([C@@H](C)C(=O)OCCN(C)c3ccccc3)ccc2c1. The van der Waals surface area contributed by atoms with E-state index in [0.29, 0.717) is 13.2 Å². The molecule has 27 heavy (non-hydrogen) atoms. The van der Waals surface area contributed by atoms with Crippen LogP contribution in [0.3, 0.4) is 0 Å². The van der Waals surface area contributed by atoms with Gasteiger partial charge in [0.15, 0.2) is 0 Å². The number of rotatable bonds is 7. The zero-order valence-electron chi connectivity index (χ0n) is 16.0. The summed E-state index contributed by atoms with van der Waals surface area (Å²) in [6.07, 6.45) is 0. The van der Waals surface area contributed by atoms with Crippen molar-refractivity contribution >= 4 is 22.4 Å². The third-order valence-electron chi connectivity index (χ3n) is 4.79. The minimum Gasteiger partial charge on any atom is -0.497 e. The normalized spacial score (nSPS) is 11.8. The van der Waals surface area contributed by atoms with Crippen molar-refractivity contribution < 1.29 is 14.3 Å². The van der Waals surface area contributed by atoms with Crippen LogP contribution in [0, 0.1) is 0 Å². The Hall–Kier alpha value is -3.01. The number of hydrogen-bond donors (Lipinski definition) is 0. The third kappa shape index (κ3) is 4.59. The molecular formula is C23H25NO3. The van der Waals surface area contributed by atoms with E-state index < -0.39 is 0 Å². The zero-order valence-corrected chi connectivity index (χ0v) is 16.0. The van der Waals surface area contributed by atoms with Crippen LogP contribution in [0.15, 0.2) is 66.7 Å². The van der Waals surface area contributed by atoms with Crippen LogP contribution in [0.4, 0.5) is 5.69 Å². The molecule has 1 atom stereocenters. The Balaban J connectivity index is 1.59. The molecule has 0 amide bonds. The number of carbonyl (C=O) groups excluding carboxylic acids is 1. The number of benzene rings is 3. The summed E-state index contributed by atoms with van der Waals surface area (Å²) in [5, 5.41) is 2.17. The maximum absolute atomic E-state index is 12.4. The predicted molar refractivity (Wildman–Crippen MR) is 110 cm³/mol. The highest BCUT2D eigenvalue weighted by Gasteiger charge is 2.17. The molecule has 0 radical (unpaired) electrons. The van der Waals surface area contributed by atoms with Gasteiger partial charge in [-0.1, -0.05) is 42.5 Å². The van der Waals surface area contributed by atoms with Crippen molar-refractivity contribution in [2.24, 2.45) is 0 Å². The lowest BCUT2D eigenvalue weighted by Crippen LogP contribution is -2.25. The quantitative estimate of drug-likeness (QED) is 0.574. The van der Waals surface area contributed by atoms with Crippen LogP contribution in [0.5, 0.6) is 5.75 Å². The van der Waals surface area contributed by atoms with Crippen LogP contribution in [0.1, 0.15) is 18.4 Å². The molecule has 0 bridgehead atoms. The number of fused-ring (bicyclic) bond motifs is 1. The monoisotopic (exact) mass is 363 g/mol. The number of esters is 1. The number of likely N-dealkylation sites (N-methyl/N-ethyl adjacent to an activating group) is 1. The van der Waals surface area contributed by atoms with Crippen molar-refractivity contribution in [2.75, 3.05) is 32.2 Å². The number of nitrogens with zero attached hydrogens (tertiary/aromatic N) is 1. The highest BCUT2D eigenvalue weighted by molar-refractivity contribution is 5.86. The van der Waals surface area contributed by atoms with Gasteiger partial charge in [0.05, 0.1) is 19.6 Å². The molecule has 0 spiro atoms. The Labute approximate surface area is 160 Å². The first-order valence-corrected chi connectivity index (χ1v) is 9.09. The Kier molecular flexibility index (Phi) is 5.97. The van der Waals surface area contributed by atoms with Crippen LogP contribution < -0.4 is 9.64 Å². The van der Waals surface area contributed by atoms with E-state index in [1.54, 1.807) is 7.11 Å². The van der Waals surface area contributed by atoms with Crippen molar-refractivity contribution in [3.8, 4) is 5.75 Å². The second kappa shape index (κ2) is 8.58.